The molecule has 2 aromatic rings. The highest BCUT2D eigenvalue weighted by molar-refractivity contribution is 5.95. The Morgan fingerprint density at radius 1 is 1.11 bits per heavy atom. The molecule has 0 unspecified atom stereocenters. The molecule has 144 valence electrons. The molecular formula is C18H15F4NO4. The van der Waals surface area contributed by atoms with Crippen LogP contribution in [-0.2, 0) is 20.5 Å². The van der Waals surface area contributed by atoms with E-state index < -0.39 is 42.1 Å². The topological polar surface area (TPSA) is 64.6 Å². The standard InChI is InChI=1S/C18H15F4NO4/c1-11(27-16(24)10-26-15-4-2-3-13(19)9-15)17(25)23-14-7-5-12(6-8-14)18(20,21)22/h2-9,11H,10H2,1H3,(H,23,25)/t11-/m0/s1. The first-order valence-electron chi connectivity index (χ1n) is 7.71. The van der Waals surface area contributed by atoms with Gasteiger partial charge in [-0.3, -0.25) is 4.79 Å². The molecule has 0 heterocycles. The summed E-state index contributed by atoms with van der Waals surface area (Å²) in [5.74, 6) is -2.01. The Hall–Kier alpha value is -3.10. The number of halogens is 4. The SMILES string of the molecule is C[C@H](OC(=O)COc1cccc(F)c1)C(=O)Nc1ccc(C(F)(F)F)cc1. The van der Waals surface area contributed by atoms with Crippen molar-refractivity contribution in [2.24, 2.45) is 0 Å². The van der Waals surface area contributed by atoms with E-state index in [0.29, 0.717) is 0 Å². The summed E-state index contributed by atoms with van der Waals surface area (Å²) in [6, 6.07) is 8.93. The van der Waals surface area contributed by atoms with Crippen LogP contribution in [0.15, 0.2) is 48.5 Å². The monoisotopic (exact) mass is 385 g/mol. The van der Waals surface area contributed by atoms with Crippen molar-refractivity contribution in [3.05, 3.63) is 59.9 Å². The molecule has 0 aliphatic rings. The van der Waals surface area contributed by atoms with E-state index >= 15 is 0 Å². The van der Waals surface area contributed by atoms with Crippen molar-refractivity contribution in [3.63, 3.8) is 0 Å². The average Bonchev–Trinajstić information content (AvgIpc) is 2.59. The number of carbonyl (C=O) groups excluding carboxylic acids is 2. The molecule has 0 saturated carbocycles. The minimum absolute atomic E-state index is 0.118. The third kappa shape index (κ3) is 6.28. The molecule has 0 aromatic heterocycles. The van der Waals surface area contributed by atoms with Gasteiger partial charge in [0.1, 0.15) is 11.6 Å². The van der Waals surface area contributed by atoms with Gasteiger partial charge in [-0.05, 0) is 43.3 Å². The maximum absolute atomic E-state index is 13.0. The third-order valence-corrected chi connectivity index (χ3v) is 3.31. The van der Waals surface area contributed by atoms with Crippen molar-refractivity contribution in [2.45, 2.75) is 19.2 Å². The summed E-state index contributed by atoms with van der Waals surface area (Å²) in [5, 5.41) is 2.33. The van der Waals surface area contributed by atoms with Crippen molar-refractivity contribution < 1.29 is 36.6 Å². The first-order chi connectivity index (χ1) is 12.6. The highest BCUT2D eigenvalue weighted by Gasteiger charge is 2.30. The zero-order valence-electron chi connectivity index (χ0n) is 14.0. The molecule has 0 aliphatic carbocycles. The van der Waals surface area contributed by atoms with E-state index in [9.17, 15) is 27.2 Å². The first kappa shape index (κ1) is 20.2. The van der Waals surface area contributed by atoms with Crippen LogP contribution in [0.25, 0.3) is 0 Å². The molecule has 1 atom stereocenters. The number of anilines is 1. The Morgan fingerprint density at radius 2 is 1.78 bits per heavy atom. The molecule has 1 amide bonds. The van der Waals surface area contributed by atoms with Crippen LogP contribution in [0.3, 0.4) is 0 Å². The summed E-state index contributed by atoms with van der Waals surface area (Å²) >= 11 is 0. The predicted octanol–water partition coefficient (Wildman–Crippen LogP) is 3.79. The maximum Gasteiger partial charge on any atom is 0.416 e. The molecule has 1 N–H and O–H groups in total. The quantitative estimate of drug-likeness (QED) is 0.607. The lowest BCUT2D eigenvalue weighted by Crippen LogP contribution is -2.31. The fourth-order valence-electron chi connectivity index (χ4n) is 1.97. The van der Waals surface area contributed by atoms with Gasteiger partial charge in [-0.15, -0.1) is 0 Å². The first-order valence-corrected chi connectivity index (χ1v) is 7.71. The lowest BCUT2D eigenvalue weighted by Gasteiger charge is -2.14. The molecule has 9 heteroatoms. The number of esters is 1. The Labute approximate surface area is 151 Å². The second kappa shape index (κ2) is 8.52. The number of ether oxygens (including phenoxy) is 2. The van der Waals surface area contributed by atoms with Gasteiger partial charge >= 0.3 is 12.1 Å². The Bertz CT molecular complexity index is 806. The maximum atomic E-state index is 13.0. The van der Waals surface area contributed by atoms with Crippen LogP contribution in [0.4, 0.5) is 23.2 Å². The Kier molecular flexibility index (Phi) is 6.38. The fraction of sp³-hybridized carbons (Fsp3) is 0.222. The van der Waals surface area contributed by atoms with E-state index in [1.165, 1.54) is 25.1 Å². The van der Waals surface area contributed by atoms with E-state index in [2.05, 4.69) is 5.32 Å². The molecule has 27 heavy (non-hydrogen) atoms. The van der Waals surface area contributed by atoms with Gasteiger partial charge in [0.05, 0.1) is 5.56 Å². The van der Waals surface area contributed by atoms with Crippen LogP contribution in [0, 0.1) is 5.82 Å². The molecular weight excluding hydrogens is 370 g/mol. The molecule has 0 fully saturated rings. The molecule has 5 nitrogen and oxygen atoms in total. The largest absolute Gasteiger partial charge is 0.482 e. The van der Waals surface area contributed by atoms with Crippen molar-refractivity contribution in [1.29, 1.82) is 0 Å². The van der Waals surface area contributed by atoms with E-state index in [1.54, 1.807) is 0 Å². The molecule has 0 bridgehead atoms. The Balaban J connectivity index is 1.83. The number of benzene rings is 2. The minimum atomic E-state index is -4.48. The zero-order valence-corrected chi connectivity index (χ0v) is 14.0. The number of nitrogens with one attached hydrogen (secondary N) is 1. The van der Waals surface area contributed by atoms with Gasteiger partial charge < -0.3 is 14.8 Å². The number of alkyl halides is 3. The van der Waals surface area contributed by atoms with E-state index in [4.69, 9.17) is 9.47 Å². The van der Waals surface area contributed by atoms with Crippen LogP contribution in [-0.4, -0.2) is 24.6 Å². The summed E-state index contributed by atoms with van der Waals surface area (Å²) in [6.45, 7) is 0.751. The smallest absolute Gasteiger partial charge is 0.416 e. The fourth-order valence-corrected chi connectivity index (χ4v) is 1.97. The van der Waals surface area contributed by atoms with Crippen LogP contribution < -0.4 is 10.1 Å². The van der Waals surface area contributed by atoms with Crippen molar-refractivity contribution in [2.75, 3.05) is 11.9 Å². The van der Waals surface area contributed by atoms with Gasteiger partial charge in [0.15, 0.2) is 12.7 Å². The van der Waals surface area contributed by atoms with Gasteiger partial charge in [0, 0.05) is 11.8 Å². The van der Waals surface area contributed by atoms with Crippen molar-refractivity contribution in [3.8, 4) is 5.75 Å². The molecule has 0 spiro atoms. The van der Waals surface area contributed by atoms with E-state index in [1.807, 2.05) is 0 Å². The lowest BCUT2D eigenvalue weighted by molar-refractivity contribution is -0.155. The summed E-state index contributed by atoms with van der Waals surface area (Å²) in [7, 11) is 0. The number of amides is 1. The lowest BCUT2D eigenvalue weighted by atomic mass is 10.2. The zero-order chi connectivity index (χ0) is 20.0. The van der Waals surface area contributed by atoms with E-state index in [-0.39, 0.29) is 11.4 Å². The average molecular weight is 385 g/mol. The second-order valence-electron chi connectivity index (χ2n) is 5.44. The van der Waals surface area contributed by atoms with Gasteiger partial charge in [-0.25, -0.2) is 9.18 Å². The van der Waals surface area contributed by atoms with Gasteiger partial charge in [0.2, 0.25) is 0 Å². The van der Waals surface area contributed by atoms with Crippen molar-refractivity contribution in [1.82, 2.24) is 0 Å². The van der Waals surface area contributed by atoms with Crippen LogP contribution in [0.5, 0.6) is 5.75 Å². The third-order valence-electron chi connectivity index (χ3n) is 3.31. The number of rotatable bonds is 6. The summed E-state index contributed by atoms with van der Waals surface area (Å²) in [6.07, 6.45) is -5.69. The second-order valence-corrected chi connectivity index (χ2v) is 5.44. The predicted molar refractivity (Wildman–Crippen MR) is 87.5 cm³/mol. The summed E-state index contributed by atoms with van der Waals surface area (Å²) in [5.41, 5.74) is -0.735. The van der Waals surface area contributed by atoms with Crippen molar-refractivity contribution >= 4 is 17.6 Å². The van der Waals surface area contributed by atoms with Crippen LogP contribution in [0.2, 0.25) is 0 Å². The number of hydrogen-bond acceptors (Lipinski definition) is 4. The van der Waals surface area contributed by atoms with Gasteiger partial charge in [-0.2, -0.15) is 13.2 Å². The summed E-state index contributed by atoms with van der Waals surface area (Å²) < 4.78 is 60.4. The number of hydrogen-bond donors (Lipinski definition) is 1. The normalized spacial score (nSPS) is 12.2. The van der Waals surface area contributed by atoms with E-state index in [0.717, 1.165) is 30.3 Å². The van der Waals surface area contributed by atoms with Gasteiger partial charge in [-0.1, -0.05) is 6.07 Å². The molecule has 2 aromatic carbocycles. The number of carbonyl (C=O) groups is 2. The highest BCUT2D eigenvalue weighted by Crippen LogP contribution is 2.29. The van der Waals surface area contributed by atoms with Gasteiger partial charge in [0.25, 0.3) is 5.91 Å². The molecule has 0 saturated heterocycles. The van der Waals surface area contributed by atoms with Crippen LogP contribution >= 0.6 is 0 Å². The molecule has 0 aliphatic heterocycles. The Morgan fingerprint density at radius 3 is 2.37 bits per heavy atom. The summed E-state index contributed by atoms with van der Waals surface area (Å²) in [4.78, 5) is 23.6. The molecule has 2 rings (SSSR count). The highest BCUT2D eigenvalue weighted by atomic mass is 19.4. The minimum Gasteiger partial charge on any atom is -0.482 e. The molecule has 0 radical (unpaired) electrons. The van der Waals surface area contributed by atoms with Crippen LogP contribution in [0.1, 0.15) is 12.5 Å².